The fourth-order valence-corrected chi connectivity index (χ4v) is 4.25. The fourth-order valence-electron chi connectivity index (χ4n) is 4.25. The molecule has 0 saturated heterocycles. The van der Waals surface area contributed by atoms with Gasteiger partial charge in [0.15, 0.2) is 0 Å². The lowest BCUT2D eigenvalue weighted by Gasteiger charge is -2.27. The standard InChI is InChI=1S/C19H25NO/c1-3-17(11-14-7-5-4-6-8-14)20-19(21)18-13(2)15-9-10-16(18)12-15/h4-8,11,13,15-16,18H,3,9-10,12H2,1-2H3,(H,20,21). The number of fused-ring (bicyclic) bond motifs is 2. The van der Waals surface area contributed by atoms with Crippen molar-refractivity contribution in [1.82, 2.24) is 5.32 Å². The summed E-state index contributed by atoms with van der Waals surface area (Å²) in [4.78, 5) is 12.7. The van der Waals surface area contributed by atoms with E-state index in [1.165, 1.54) is 19.3 Å². The molecule has 2 fully saturated rings. The van der Waals surface area contributed by atoms with E-state index >= 15 is 0 Å². The van der Waals surface area contributed by atoms with Crippen LogP contribution in [-0.2, 0) is 4.79 Å². The molecule has 4 atom stereocenters. The third-order valence-electron chi connectivity index (χ3n) is 5.44. The second-order valence-electron chi connectivity index (χ2n) is 6.64. The summed E-state index contributed by atoms with van der Waals surface area (Å²) in [6.45, 7) is 4.36. The average Bonchev–Trinajstić information content (AvgIpc) is 3.08. The molecule has 1 aromatic rings. The number of benzene rings is 1. The summed E-state index contributed by atoms with van der Waals surface area (Å²) in [7, 11) is 0. The monoisotopic (exact) mass is 283 g/mol. The predicted octanol–water partition coefficient (Wildman–Crippen LogP) is 4.24. The Morgan fingerprint density at radius 2 is 1.95 bits per heavy atom. The van der Waals surface area contributed by atoms with E-state index in [0.717, 1.165) is 23.6 Å². The molecule has 0 aliphatic heterocycles. The summed E-state index contributed by atoms with van der Waals surface area (Å²) in [5, 5.41) is 3.19. The predicted molar refractivity (Wildman–Crippen MR) is 86.3 cm³/mol. The van der Waals surface area contributed by atoms with Gasteiger partial charge in [0, 0.05) is 11.6 Å². The Balaban J connectivity index is 1.70. The molecule has 1 aromatic carbocycles. The topological polar surface area (TPSA) is 29.1 Å². The normalized spacial score (nSPS) is 31.4. The van der Waals surface area contributed by atoms with Crippen LogP contribution in [0.4, 0.5) is 0 Å². The first kappa shape index (κ1) is 14.4. The summed E-state index contributed by atoms with van der Waals surface area (Å²) in [5.74, 6) is 2.44. The molecule has 21 heavy (non-hydrogen) atoms. The van der Waals surface area contributed by atoms with Crippen LogP contribution in [0.15, 0.2) is 36.0 Å². The van der Waals surface area contributed by atoms with E-state index in [1.54, 1.807) is 0 Å². The molecule has 1 amide bonds. The van der Waals surface area contributed by atoms with Gasteiger partial charge in [-0.3, -0.25) is 4.79 Å². The van der Waals surface area contributed by atoms with Crippen LogP contribution in [0, 0.1) is 23.7 Å². The quantitative estimate of drug-likeness (QED) is 0.880. The van der Waals surface area contributed by atoms with Gasteiger partial charge in [0.1, 0.15) is 0 Å². The number of nitrogens with one attached hydrogen (secondary N) is 1. The SMILES string of the molecule is CCC(=Cc1ccccc1)NC(=O)C1C2CCC(C2)C1C. The summed E-state index contributed by atoms with van der Waals surface area (Å²) in [6, 6.07) is 10.2. The van der Waals surface area contributed by atoms with Crippen LogP contribution in [0.1, 0.15) is 45.1 Å². The lowest BCUT2D eigenvalue weighted by Crippen LogP contribution is -2.36. The molecule has 0 aromatic heterocycles. The number of carbonyl (C=O) groups excluding carboxylic acids is 1. The zero-order valence-corrected chi connectivity index (χ0v) is 13.0. The molecule has 2 saturated carbocycles. The van der Waals surface area contributed by atoms with Crippen LogP contribution in [0.5, 0.6) is 0 Å². The van der Waals surface area contributed by atoms with Crippen molar-refractivity contribution in [2.45, 2.75) is 39.5 Å². The van der Waals surface area contributed by atoms with Crippen LogP contribution in [0.2, 0.25) is 0 Å². The van der Waals surface area contributed by atoms with Crippen molar-refractivity contribution < 1.29 is 4.79 Å². The number of allylic oxidation sites excluding steroid dienone is 1. The highest BCUT2D eigenvalue weighted by Crippen LogP contribution is 2.52. The maximum absolute atomic E-state index is 12.7. The Hall–Kier alpha value is -1.57. The molecule has 0 heterocycles. The van der Waals surface area contributed by atoms with Crippen LogP contribution in [-0.4, -0.2) is 5.91 Å². The van der Waals surface area contributed by atoms with Crippen LogP contribution in [0.3, 0.4) is 0 Å². The minimum atomic E-state index is 0.231. The van der Waals surface area contributed by atoms with E-state index in [1.807, 2.05) is 18.2 Å². The van der Waals surface area contributed by atoms with Crippen LogP contribution >= 0.6 is 0 Å². The highest BCUT2D eigenvalue weighted by molar-refractivity contribution is 5.82. The lowest BCUT2D eigenvalue weighted by atomic mass is 9.80. The molecule has 4 unspecified atom stereocenters. The van der Waals surface area contributed by atoms with Crippen LogP contribution in [0.25, 0.3) is 6.08 Å². The summed E-state index contributed by atoms with van der Waals surface area (Å²) < 4.78 is 0. The molecular weight excluding hydrogens is 258 g/mol. The first-order valence-corrected chi connectivity index (χ1v) is 8.25. The van der Waals surface area contributed by atoms with Crippen molar-refractivity contribution in [2.24, 2.45) is 23.7 Å². The first-order valence-electron chi connectivity index (χ1n) is 8.25. The minimum absolute atomic E-state index is 0.231. The van der Waals surface area contributed by atoms with Gasteiger partial charge < -0.3 is 5.32 Å². The first-order chi connectivity index (χ1) is 10.2. The molecule has 2 bridgehead atoms. The van der Waals surface area contributed by atoms with Crippen molar-refractivity contribution >= 4 is 12.0 Å². The van der Waals surface area contributed by atoms with Gasteiger partial charge in [0.2, 0.25) is 5.91 Å². The number of hydrogen-bond acceptors (Lipinski definition) is 1. The van der Waals surface area contributed by atoms with Gasteiger partial charge in [-0.15, -0.1) is 0 Å². The summed E-state index contributed by atoms with van der Waals surface area (Å²) >= 11 is 0. The van der Waals surface area contributed by atoms with Crippen molar-refractivity contribution in [2.75, 3.05) is 0 Å². The lowest BCUT2D eigenvalue weighted by molar-refractivity contribution is -0.127. The van der Waals surface area contributed by atoms with E-state index in [4.69, 9.17) is 0 Å². The van der Waals surface area contributed by atoms with E-state index in [9.17, 15) is 4.79 Å². The molecule has 2 nitrogen and oxygen atoms in total. The molecule has 112 valence electrons. The molecule has 2 aliphatic carbocycles. The molecule has 1 N–H and O–H groups in total. The zero-order valence-electron chi connectivity index (χ0n) is 13.0. The number of rotatable bonds is 4. The highest BCUT2D eigenvalue weighted by Gasteiger charge is 2.48. The third kappa shape index (κ3) is 2.90. The van der Waals surface area contributed by atoms with Crippen molar-refractivity contribution in [3.05, 3.63) is 41.6 Å². The molecule has 2 heteroatoms. The Morgan fingerprint density at radius 1 is 1.24 bits per heavy atom. The van der Waals surface area contributed by atoms with Gasteiger partial charge in [-0.1, -0.05) is 44.2 Å². The average molecular weight is 283 g/mol. The third-order valence-corrected chi connectivity index (χ3v) is 5.44. The molecule has 0 radical (unpaired) electrons. The largest absolute Gasteiger partial charge is 0.330 e. The van der Waals surface area contributed by atoms with Crippen LogP contribution < -0.4 is 5.32 Å². The van der Waals surface area contributed by atoms with Gasteiger partial charge in [0.05, 0.1) is 0 Å². The number of hydrogen-bond donors (Lipinski definition) is 1. The van der Waals surface area contributed by atoms with E-state index < -0.39 is 0 Å². The van der Waals surface area contributed by atoms with Crippen molar-refractivity contribution in [1.29, 1.82) is 0 Å². The van der Waals surface area contributed by atoms with E-state index in [2.05, 4.69) is 37.4 Å². The molecular formula is C19H25NO. The van der Waals surface area contributed by atoms with Gasteiger partial charge in [-0.25, -0.2) is 0 Å². The molecule has 3 rings (SSSR count). The zero-order chi connectivity index (χ0) is 14.8. The maximum Gasteiger partial charge on any atom is 0.227 e. The number of amides is 1. The molecule has 0 spiro atoms. The molecule has 2 aliphatic rings. The van der Waals surface area contributed by atoms with Gasteiger partial charge in [-0.2, -0.15) is 0 Å². The summed E-state index contributed by atoms with van der Waals surface area (Å²) in [5.41, 5.74) is 2.18. The minimum Gasteiger partial charge on any atom is -0.330 e. The fraction of sp³-hybridized carbons (Fsp3) is 0.526. The highest BCUT2D eigenvalue weighted by atomic mass is 16.1. The summed E-state index contributed by atoms with van der Waals surface area (Å²) in [6.07, 6.45) is 6.79. The smallest absolute Gasteiger partial charge is 0.227 e. The second-order valence-corrected chi connectivity index (χ2v) is 6.64. The van der Waals surface area contributed by atoms with Gasteiger partial charge >= 0.3 is 0 Å². The van der Waals surface area contributed by atoms with E-state index in [-0.39, 0.29) is 11.8 Å². The Labute approximate surface area is 127 Å². The van der Waals surface area contributed by atoms with Gasteiger partial charge in [0.25, 0.3) is 0 Å². The van der Waals surface area contributed by atoms with E-state index in [0.29, 0.717) is 11.8 Å². The Morgan fingerprint density at radius 3 is 2.57 bits per heavy atom. The van der Waals surface area contributed by atoms with Crippen molar-refractivity contribution in [3.8, 4) is 0 Å². The number of carbonyl (C=O) groups is 1. The van der Waals surface area contributed by atoms with Crippen molar-refractivity contribution in [3.63, 3.8) is 0 Å². The van der Waals surface area contributed by atoms with Gasteiger partial charge in [-0.05, 0) is 55.1 Å². The maximum atomic E-state index is 12.7. The second kappa shape index (κ2) is 6.05. The Kier molecular flexibility index (Phi) is 4.14. The Bertz CT molecular complexity index is 532.